The molecule has 2 aromatic carbocycles. The number of halogens is 2. The van der Waals surface area contributed by atoms with E-state index in [1.54, 1.807) is 18.2 Å². The average Bonchev–Trinajstić information content (AvgIpc) is 3.23. The van der Waals surface area contributed by atoms with Gasteiger partial charge in [-0.2, -0.15) is 0 Å². The quantitative estimate of drug-likeness (QED) is 0.586. The maximum absolute atomic E-state index is 13.8. The van der Waals surface area contributed by atoms with Crippen LogP contribution in [0.5, 0.6) is 0 Å². The summed E-state index contributed by atoms with van der Waals surface area (Å²) in [4.78, 5) is 25.7. The summed E-state index contributed by atoms with van der Waals surface area (Å²) in [7, 11) is 1.47. The van der Waals surface area contributed by atoms with Gasteiger partial charge in [-0.3, -0.25) is 4.79 Å². The fourth-order valence-electron chi connectivity index (χ4n) is 2.38. The number of carbonyl (C=O) groups excluding carboxylic acids is 2. The van der Waals surface area contributed by atoms with Gasteiger partial charge in [0.2, 0.25) is 0 Å². The third-order valence-electron chi connectivity index (χ3n) is 3.90. The molecule has 0 radical (unpaired) electrons. The van der Waals surface area contributed by atoms with Gasteiger partial charge in [0, 0.05) is 24.2 Å². The minimum Gasteiger partial charge on any atom is -0.452 e. The van der Waals surface area contributed by atoms with Crippen molar-refractivity contribution in [3.8, 4) is 5.69 Å². The molecule has 0 atom stereocenters. The number of esters is 1. The zero-order chi connectivity index (χ0) is 20.1. The second-order valence-electron chi connectivity index (χ2n) is 5.83. The van der Waals surface area contributed by atoms with Crippen LogP contribution in [0, 0.1) is 5.82 Å². The number of likely N-dealkylation sites (N-methyl/N-ethyl adjacent to an activating group) is 1. The van der Waals surface area contributed by atoms with Crippen LogP contribution in [0.3, 0.4) is 0 Å². The maximum atomic E-state index is 13.8. The minimum atomic E-state index is -0.680. The fourth-order valence-corrected chi connectivity index (χ4v) is 2.61. The van der Waals surface area contributed by atoms with Crippen LogP contribution < -0.4 is 0 Å². The number of hydrogen-bond acceptors (Lipinski definition) is 6. The number of tetrazole rings is 1. The van der Waals surface area contributed by atoms with E-state index in [0.29, 0.717) is 5.69 Å². The van der Waals surface area contributed by atoms with E-state index in [4.69, 9.17) is 16.3 Å². The largest absolute Gasteiger partial charge is 0.452 e. The van der Waals surface area contributed by atoms with Crippen LogP contribution in [0.4, 0.5) is 4.39 Å². The fraction of sp³-hybridized carbons (Fsp3) is 0.167. The van der Waals surface area contributed by atoms with Gasteiger partial charge in [-0.1, -0.05) is 23.7 Å². The number of rotatable bonds is 6. The Bertz CT molecular complexity index is 976. The van der Waals surface area contributed by atoms with Gasteiger partial charge >= 0.3 is 5.97 Å². The predicted octanol–water partition coefficient (Wildman–Crippen LogP) is 2.27. The number of carbonyl (C=O) groups is 2. The standard InChI is InChI=1S/C18H15ClFN5O3/c1-24(9-14-15(19)6-3-7-16(14)20)17(26)10-28-18(27)12-4-2-5-13(8-12)25-11-21-22-23-25/h2-8,11H,9-10H2,1H3. The summed E-state index contributed by atoms with van der Waals surface area (Å²) in [5, 5.41) is 11.0. The van der Waals surface area contributed by atoms with Crippen molar-refractivity contribution in [3.63, 3.8) is 0 Å². The van der Waals surface area contributed by atoms with Gasteiger partial charge in [0.05, 0.1) is 11.3 Å². The zero-order valence-electron chi connectivity index (χ0n) is 14.7. The van der Waals surface area contributed by atoms with Crippen LogP contribution in [0.2, 0.25) is 5.02 Å². The third-order valence-corrected chi connectivity index (χ3v) is 4.26. The van der Waals surface area contributed by atoms with E-state index in [2.05, 4.69) is 15.5 Å². The van der Waals surface area contributed by atoms with Gasteiger partial charge in [-0.05, 0) is 40.8 Å². The molecule has 3 aromatic rings. The monoisotopic (exact) mass is 403 g/mol. The lowest BCUT2D eigenvalue weighted by Crippen LogP contribution is -2.31. The molecular formula is C18H15ClFN5O3. The number of aromatic nitrogens is 4. The number of hydrogen-bond donors (Lipinski definition) is 0. The van der Waals surface area contributed by atoms with Crippen molar-refractivity contribution in [2.24, 2.45) is 0 Å². The van der Waals surface area contributed by atoms with Gasteiger partial charge < -0.3 is 9.64 Å². The molecule has 0 spiro atoms. The predicted molar refractivity (Wildman–Crippen MR) is 97.3 cm³/mol. The SMILES string of the molecule is CN(Cc1c(F)cccc1Cl)C(=O)COC(=O)c1cccc(-n2cnnn2)c1. The Morgan fingerprint density at radius 3 is 2.75 bits per heavy atom. The highest BCUT2D eigenvalue weighted by molar-refractivity contribution is 6.31. The van der Waals surface area contributed by atoms with E-state index >= 15 is 0 Å². The second-order valence-corrected chi connectivity index (χ2v) is 6.24. The molecule has 28 heavy (non-hydrogen) atoms. The van der Waals surface area contributed by atoms with Gasteiger partial charge in [0.1, 0.15) is 12.1 Å². The molecule has 8 nitrogen and oxygen atoms in total. The van der Waals surface area contributed by atoms with Crippen LogP contribution >= 0.6 is 11.6 Å². The van der Waals surface area contributed by atoms with Gasteiger partial charge in [-0.25, -0.2) is 13.9 Å². The molecule has 0 aliphatic rings. The van der Waals surface area contributed by atoms with E-state index in [9.17, 15) is 14.0 Å². The first kappa shape index (κ1) is 19.4. The Hall–Kier alpha value is -3.33. The van der Waals surface area contributed by atoms with E-state index < -0.39 is 24.3 Å². The van der Waals surface area contributed by atoms with Crippen molar-refractivity contribution in [1.82, 2.24) is 25.1 Å². The first-order chi connectivity index (χ1) is 13.5. The number of ether oxygens (including phenoxy) is 1. The van der Waals surface area contributed by atoms with Gasteiger partial charge in [-0.15, -0.1) is 5.10 Å². The number of amides is 1. The van der Waals surface area contributed by atoms with Crippen LogP contribution in [0.1, 0.15) is 15.9 Å². The average molecular weight is 404 g/mol. The van der Waals surface area contributed by atoms with Gasteiger partial charge in [0.25, 0.3) is 5.91 Å². The molecule has 0 unspecified atom stereocenters. The lowest BCUT2D eigenvalue weighted by atomic mass is 10.2. The highest BCUT2D eigenvalue weighted by Crippen LogP contribution is 2.20. The molecular weight excluding hydrogens is 389 g/mol. The summed E-state index contributed by atoms with van der Waals surface area (Å²) in [6.07, 6.45) is 1.39. The van der Waals surface area contributed by atoms with Crippen molar-refractivity contribution < 1.29 is 18.7 Å². The Kier molecular flexibility index (Phi) is 5.95. The Labute approximate surface area is 164 Å². The Morgan fingerprint density at radius 2 is 2.04 bits per heavy atom. The first-order valence-electron chi connectivity index (χ1n) is 8.13. The summed E-state index contributed by atoms with van der Waals surface area (Å²) in [5.41, 5.74) is 0.998. The topological polar surface area (TPSA) is 90.2 Å². The van der Waals surface area contributed by atoms with Crippen LogP contribution in [0.15, 0.2) is 48.8 Å². The summed E-state index contributed by atoms with van der Waals surface area (Å²) >= 11 is 5.96. The molecule has 10 heteroatoms. The van der Waals surface area contributed by atoms with Gasteiger partial charge in [0.15, 0.2) is 6.61 Å². The van der Waals surface area contributed by atoms with Crippen LogP contribution in [0.25, 0.3) is 5.69 Å². The van der Waals surface area contributed by atoms with E-state index in [1.165, 1.54) is 47.2 Å². The third kappa shape index (κ3) is 4.49. The molecule has 1 heterocycles. The second kappa shape index (κ2) is 8.57. The molecule has 1 amide bonds. The summed E-state index contributed by atoms with van der Waals surface area (Å²) < 4.78 is 20.3. The molecule has 0 fully saturated rings. The molecule has 144 valence electrons. The number of benzene rings is 2. The molecule has 3 rings (SSSR count). The van der Waals surface area contributed by atoms with Crippen LogP contribution in [-0.2, 0) is 16.1 Å². The number of nitrogens with zero attached hydrogens (tertiary/aromatic N) is 5. The summed E-state index contributed by atoms with van der Waals surface area (Å²) in [6.45, 7) is -0.535. The maximum Gasteiger partial charge on any atom is 0.338 e. The molecule has 0 N–H and O–H groups in total. The molecule has 0 saturated carbocycles. The molecule has 0 aliphatic carbocycles. The van der Waals surface area contributed by atoms with Crippen molar-refractivity contribution >= 4 is 23.5 Å². The molecule has 0 aliphatic heterocycles. The van der Waals surface area contributed by atoms with Crippen molar-refractivity contribution in [3.05, 3.63) is 70.8 Å². The highest BCUT2D eigenvalue weighted by atomic mass is 35.5. The van der Waals surface area contributed by atoms with E-state index in [0.717, 1.165) is 0 Å². The lowest BCUT2D eigenvalue weighted by Gasteiger charge is -2.18. The summed E-state index contributed by atoms with van der Waals surface area (Å²) in [5.74, 6) is -1.69. The molecule has 0 saturated heterocycles. The van der Waals surface area contributed by atoms with Crippen molar-refractivity contribution in [2.75, 3.05) is 13.7 Å². The highest BCUT2D eigenvalue weighted by Gasteiger charge is 2.17. The molecule has 1 aromatic heterocycles. The van der Waals surface area contributed by atoms with Crippen molar-refractivity contribution in [2.45, 2.75) is 6.54 Å². The van der Waals surface area contributed by atoms with Crippen LogP contribution in [-0.4, -0.2) is 50.6 Å². The van der Waals surface area contributed by atoms with E-state index in [1.807, 2.05) is 0 Å². The Morgan fingerprint density at radius 1 is 1.25 bits per heavy atom. The zero-order valence-corrected chi connectivity index (χ0v) is 15.5. The van der Waals surface area contributed by atoms with E-state index in [-0.39, 0.29) is 22.7 Å². The first-order valence-corrected chi connectivity index (χ1v) is 8.51. The van der Waals surface area contributed by atoms with Crippen molar-refractivity contribution in [1.29, 1.82) is 0 Å². The smallest absolute Gasteiger partial charge is 0.338 e. The summed E-state index contributed by atoms with van der Waals surface area (Å²) in [6, 6.07) is 10.7. The lowest BCUT2D eigenvalue weighted by molar-refractivity contribution is -0.133. The minimum absolute atomic E-state index is 0.0450. The Balaban J connectivity index is 1.60. The molecule has 0 bridgehead atoms. The normalized spacial score (nSPS) is 10.5.